The SMILES string of the molecule is CC1(C)OC(=O)C([C@H]2C(=O)C(Br)=C[C@H]2N2CCN(c3ccccc3)CC2)=C(O)O1. The molecule has 1 fully saturated rings. The van der Waals surface area contributed by atoms with Crippen molar-refractivity contribution in [3.8, 4) is 0 Å². The van der Waals surface area contributed by atoms with E-state index in [1.807, 2.05) is 18.2 Å². The molecule has 0 amide bonds. The van der Waals surface area contributed by atoms with Gasteiger partial charge in [0.2, 0.25) is 0 Å². The van der Waals surface area contributed by atoms with Crippen molar-refractivity contribution in [1.82, 2.24) is 4.90 Å². The Kier molecular flexibility index (Phi) is 5.16. The molecule has 2 heterocycles. The number of anilines is 1. The molecule has 0 saturated carbocycles. The summed E-state index contributed by atoms with van der Waals surface area (Å²) in [6.45, 7) is 6.09. The number of carbonyl (C=O) groups excluding carboxylic acids is 2. The van der Waals surface area contributed by atoms with Gasteiger partial charge < -0.3 is 19.5 Å². The lowest BCUT2D eigenvalue weighted by atomic mass is 9.90. The fourth-order valence-electron chi connectivity index (χ4n) is 4.10. The normalized spacial score (nSPS) is 27.6. The second kappa shape index (κ2) is 7.50. The molecular formula is C21H23BrN2O5. The number of hydrogen-bond acceptors (Lipinski definition) is 7. The monoisotopic (exact) mass is 462 g/mol. The molecule has 1 N–H and O–H groups in total. The second-order valence-corrected chi connectivity index (χ2v) is 8.67. The predicted molar refractivity (Wildman–Crippen MR) is 110 cm³/mol. The molecule has 2 atom stereocenters. The Morgan fingerprint density at radius 2 is 1.72 bits per heavy atom. The Morgan fingerprint density at radius 1 is 1.07 bits per heavy atom. The third kappa shape index (κ3) is 3.79. The number of benzene rings is 1. The molecule has 29 heavy (non-hydrogen) atoms. The lowest BCUT2D eigenvalue weighted by Crippen LogP contribution is -2.53. The number of ketones is 1. The summed E-state index contributed by atoms with van der Waals surface area (Å²) in [4.78, 5) is 29.9. The molecule has 1 aliphatic carbocycles. The maximum Gasteiger partial charge on any atom is 0.345 e. The van der Waals surface area contributed by atoms with Crippen LogP contribution < -0.4 is 4.90 Å². The molecule has 8 heteroatoms. The van der Waals surface area contributed by atoms with Crippen LogP contribution in [0.4, 0.5) is 5.69 Å². The molecule has 1 aromatic rings. The largest absolute Gasteiger partial charge is 0.480 e. The number of esters is 1. The fraction of sp³-hybridized carbons (Fsp3) is 0.429. The minimum absolute atomic E-state index is 0.115. The summed E-state index contributed by atoms with van der Waals surface area (Å²) >= 11 is 3.31. The van der Waals surface area contributed by atoms with Gasteiger partial charge in [-0.2, -0.15) is 0 Å². The zero-order valence-electron chi connectivity index (χ0n) is 16.3. The highest BCUT2D eigenvalue weighted by Gasteiger charge is 2.49. The minimum atomic E-state index is -1.27. The van der Waals surface area contributed by atoms with Crippen LogP contribution in [0, 0.1) is 5.92 Å². The van der Waals surface area contributed by atoms with Crippen LogP contribution in [0.2, 0.25) is 0 Å². The van der Waals surface area contributed by atoms with Crippen molar-refractivity contribution < 1.29 is 24.2 Å². The maximum atomic E-state index is 12.8. The maximum absolute atomic E-state index is 12.8. The van der Waals surface area contributed by atoms with E-state index in [0.717, 1.165) is 31.9 Å². The molecule has 7 nitrogen and oxygen atoms in total. The molecule has 0 bridgehead atoms. The number of allylic oxidation sites excluding steroid dienone is 1. The fourth-order valence-corrected chi connectivity index (χ4v) is 4.62. The van der Waals surface area contributed by atoms with Gasteiger partial charge in [-0.1, -0.05) is 18.2 Å². The van der Waals surface area contributed by atoms with Gasteiger partial charge in [0.1, 0.15) is 5.57 Å². The lowest BCUT2D eigenvalue weighted by molar-refractivity contribution is -0.223. The molecule has 1 aromatic carbocycles. The van der Waals surface area contributed by atoms with E-state index in [1.165, 1.54) is 13.8 Å². The first-order valence-corrected chi connectivity index (χ1v) is 10.4. The minimum Gasteiger partial charge on any atom is -0.480 e. The summed E-state index contributed by atoms with van der Waals surface area (Å²) in [5, 5.41) is 10.4. The number of halogens is 1. The Labute approximate surface area is 177 Å². The number of aliphatic hydroxyl groups excluding tert-OH is 1. The number of hydrogen-bond donors (Lipinski definition) is 1. The van der Waals surface area contributed by atoms with Crippen LogP contribution in [0.1, 0.15) is 13.8 Å². The average Bonchev–Trinajstić information content (AvgIpc) is 2.96. The molecule has 2 aliphatic heterocycles. The highest BCUT2D eigenvalue weighted by molar-refractivity contribution is 9.12. The smallest absolute Gasteiger partial charge is 0.345 e. The Hall–Kier alpha value is -2.32. The van der Waals surface area contributed by atoms with Gasteiger partial charge in [-0.25, -0.2) is 4.79 Å². The van der Waals surface area contributed by atoms with Crippen molar-refractivity contribution >= 4 is 33.4 Å². The number of cyclic esters (lactones) is 1. The molecule has 0 spiro atoms. The molecule has 0 radical (unpaired) electrons. The van der Waals surface area contributed by atoms with Gasteiger partial charge in [-0.05, 0) is 34.1 Å². The summed E-state index contributed by atoms with van der Waals surface area (Å²) < 4.78 is 11.0. The number of Topliss-reactive ketones (excluding diaryl/α,β-unsaturated/α-hetero) is 1. The van der Waals surface area contributed by atoms with Gasteiger partial charge in [-0.15, -0.1) is 0 Å². The van der Waals surface area contributed by atoms with E-state index in [4.69, 9.17) is 9.47 Å². The molecule has 0 unspecified atom stereocenters. The molecule has 4 rings (SSSR count). The van der Waals surface area contributed by atoms with Gasteiger partial charge in [0.15, 0.2) is 5.78 Å². The lowest BCUT2D eigenvalue weighted by Gasteiger charge is -2.41. The van der Waals surface area contributed by atoms with Crippen LogP contribution in [0.3, 0.4) is 0 Å². The predicted octanol–water partition coefficient (Wildman–Crippen LogP) is 2.73. The van der Waals surface area contributed by atoms with Gasteiger partial charge in [-0.3, -0.25) is 9.69 Å². The van der Waals surface area contributed by atoms with E-state index in [9.17, 15) is 14.7 Å². The van der Waals surface area contributed by atoms with Crippen LogP contribution in [0.5, 0.6) is 0 Å². The zero-order chi connectivity index (χ0) is 20.8. The second-order valence-electron chi connectivity index (χ2n) is 7.82. The van der Waals surface area contributed by atoms with Crippen molar-refractivity contribution in [1.29, 1.82) is 0 Å². The van der Waals surface area contributed by atoms with E-state index in [1.54, 1.807) is 6.08 Å². The molecule has 154 valence electrons. The summed E-state index contributed by atoms with van der Waals surface area (Å²) in [6, 6.07) is 9.81. The van der Waals surface area contributed by atoms with Gasteiger partial charge in [0.05, 0.1) is 10.4 Å². The number of aliphatic hydroxyl groups is 1. The Balaban J connectivity index is 1.55. The van der Waals surface area contributed by atoms with E-state index >= 15 is 0 Å². The van der Waals surface area contributed by atoms with Crippen LogP contribution in [0.25, 0.3) is 0 Å². The van der Waals surface area contributed by atoms with Crippen LogP contribution in [-0.2, 0) is 19.1 Å². The third-order valence-corrected chi connectivity index (χ3v) is 6.13. The topological polar surface area (TPSA) is 79.3 Å². The first kappa shape index (κ1) is 20.0. The number of ether oxygens (including phenoxy) is 2. The van der Waals surface area contributed by atoms with E-state index in [0.29, 0.717) is 4.48 Å². The number of nitrogens with zero attached hydrogens (tertiary/aromatic N) is 2. The zero-order valence-corrected chi connectivity index (χ0v) is 17.9. The standard InChI is InChI=1S/C21H23BrN2O5/c1-21(2)28-19(26)17(20(27)29-21)16-15(12-14(22)18(16)25)24-10-8-23(9-11-24)13-6-4-3-5-7-13/h3-7,12,15-16,26H,8-11H2,1-2H3/t15-,16+/m1/s1. The first-order chi connectivity index (χ1) is 13.8. The summed E-state index contributed by atoms with van der Waals surface area (Å²) in [6.07, 6.45) is 1.80. The van der Waals surface area contributed by atoms with Crippen LogP contribution in [-0.4, -0.2) is 59.8 Å². The van der Waals surface area contributed by atoms with E-state index in [2.05, 4.69) is 37.9 Å². The van der Waals surface area contributed by atoms with Crippen LogP contribution in [0.15, 0.2) is 52.4 Å². The average molecular weight is 463 g/mol. The molecule has 0 aromatic heterocycles. The molecular weight excluding hydrogens is 440 g/mol. The van der Waals surface area contributed by atoms with E-state index < -0.39 is 23.6 Å². The van der Waals surface area contributed by atoms with Crippen molar-refractivity contribution in [2.24, 2.45) is 5.92 Å². The number of carbonyl (C=O) groups is 2. The first-order valence-electron chi connectivity index (χ1n) is 9.58. The van der Waals surface area contributed by atoms with Gasteiger partial charge in [0.25, 0.3) is 11.7 Å². The summed E-state index contributed by atoms with van der Waals surface area (Å²) in [7, 11) is 0. The van der Waals surface area contributed by atoms with Gasteiger partial charge in [0, 0.05) is 51.8 Å². The summed E-state index contributed by atoms with van der Waals surface area (Å²) in [5.41, 5.74) is 1.05. The summed E-state index contributed by atoms with van der Waals surface area (Å²) in [5.74, 6) is -3.65. The number of rotatable bonds is 3. The molecule has 3 aliphatic rings. The van der Waals surface area contributed by atoms with Crippen molar-refractivity contribution in [2.75, 3.05) is 31.1 Å². The number of piperazine rings is 1. The highest BCUT2D eigenvalue weighted by Crippen LogP contribution is 2.39. The van der Waals surface area contributed by atoms with E-state index in [-0.39, 0.29) is 17.4 Å². The Morgan fingerprint density at radius 3 is 2.34 bits per heavy atom. The molecule has 1 saturated heterocycles. The van der Waals surface area contributed by atoms with Crippen molar-refractivity contribution in [3.63, 3.8) is 0 Å². The van der Waals surface area contributed by atoms with Crippen molar-refractivity contribution in [3.05, 3.63) is 52.4 Å². The Bertz CT molecular complexity index is 888. The van der Waals surface area contributed by atoms with Crippen molar-refractivity contribution in [2.45, 2.75) is 25.7 Å². The van der Waals surface area contributed by atoms with Gasteiger partial charge >= 0.3 is 5.97 Å². The van der Waals surface area contributed by atoms with Crippen LogP contribution >= 0.6 is 15.9 Å². The third-order valence-electron chi connectivity index (χ3n) is 5.48. The highest BCUT2D eigenvalue weighted by atomic mass is 79.9. The number of para-hydroxylation sites is 1. The quantitative estimate of drug-likeness (QED) is 0.691.